The van der Waals surface area contributed by atoms with Gasteiger partial charge in [0.25, 0.3) is 0 Å². The van der Waals surface area contributed by atoms with Crippen LogP contribution < -0.4 is 10.1 Å². The highest BCUT2D eigenvalue weighted by Crippen LogP contribution is 2.32. The van der Waals surface area contributed by atoms with E-state index in [9.17, 15) is 0 Å². The first-order chi connectivity index (χ1) is 9.78. The molecule has 1 heterocycles. The summed E-state index contributed by atoms with van der Waals surface area (Å²) in [5.41, 5.74) is 2.82. The van der Waals surface area contributed by atoms with Crippen LogP contribution in [0.15, 0.2) is 18.2 Å². The Hall–Kier alpha value is -1.02. The summed E-state index contributed by atoms with van der Waals surface area (Å²) >= 11 is 0. The fraction of sp³-hybridized carbons (Fsp3) is 0.667. The number of hydrogen-bond acceptors (Lipinski definition) is 2. The number of nitrogens with one attached hydrogen (secondary N) is 1. The van der Waals surface area contributed by atoms with Crippen molar-refractivity contribution in [1.82, 2.24) is 5.32 Å². The van der Waals surface area contributed by atoms with Crippen LogP contribution >= 0.6 is 0 Å². The largest absolute Gasteiger partial charge is 0.493 e. The highest BCUT2D eigenvalue weighted by molar-refractivity contribution is 5.40. The van der Waals surface area contributed by atoms with E-state index in [4.69, 9.17) is 4.74 Å². The van der Waals surface area contributed by atoms with Gasteiger partial charge in [0.1, 0.15) is 5.75 Å². The molecule has 3 rings (SSSR count). The number of fused-ring (bicyclic) bond motifs is 1. The van der Waals surface area contributed by atoms with Crippen LogP contribution in [0.1, 0.15) is 63.1 Å². The SMILES string of the molecule is CCC(NC(C)C1CCCC1)c1ccc2c(c1)CCO2. The molecule has 110 valence electrons. The van der Waals surface area contributed by atoms with Gasteiger partial charge in [-0.3, -0.25) is 0 Å². The van der Waals surface area contributed by atoms with Crippen LogP contribution in [0.2, 0.25) is 0 Å². The van der Waals surface area contributed by atoms with Crippen LogP contribution in [0, 0.1) is 5.92 Å². The van der Waals surface area contributed by atoms with Crippen molar-refractivity contribution in [2.75, 3.05) is 6.61 Å². The molecule has 0 spiro atoms. The summed E-state index contributed by atoms with van der Waals surface area (Å²) in [6.45, 7) is 5.50. The summed E-state index contributed by atoms with van der Waals surface area (Å²) in [5.74, 6) is 1.97. The standard InChI is InChI=1S/C18H27NO/c1-3-17(19-13(2)14-6-4-5-7-14)15-8-9-18-16(12-15)10-11-20-18/h8-9,12-14,17,19H,3-7,10-11H2,1-2H3. The smallest absolute Gasteiger partial charge is 0.122 e. The van der Waals surface area contributed by atoms with E-state index in [1.165, 1.54) is 36.8 Å². The molecule has 2 atom stereocenters. The number of ether oxygens (including phenoxy) is 1. The van der Waals surface area contributed by atoms with Gasteiger partial charge in [-0.1, -0.05) is 31.9 Å². The maximum Gasteiger partial charge on any atom is 0.122 e. The third-order valence-electron chi connectivity index (χ3n) is 5.10. The van der Waals surface area contributed by atoms with Crippen molar-refractivity contribution in [1.29, 1.82) is 0 Å². The predicted molar refractivity (Wildman–Crippen MR) is 83.2 cm³/mol. The Kier molecular flexibility index (Phi) is 4.30. The minimum absolute atomic E-state index is 0.483. The van der Waals surface area contributed by atoms with Gasteiger partial charge in [0, 0.05) is 18.5 Å². The van der Waals surface area contributed by atoms with Crippen LogP contribution in [0.5, 0.6) is 5.75 Å². The quantitative estimate of drug-likeness (QED) is 0.866. The number of hydrogen-bond donors (Lipinski definition) is 1. The molecule has 0 radical (unpaired) electrons. The lowest BCUT2D eigenvalue weighted by Gasteiger charge is -2.27. The van der Waals surface area contributed by atoms with E-state index in [2.05, 4.69) is 37.4 Å². The first-order valence-electron chi connectivity index (χ1n) is 8.29. The van der Waals surface area contributed by atoms with E-state index in [-0.39, 0.29) is 0 Å². The first-order valence-corrected chi connectivity index (χ1v) is 8.29. The van der Waals surface area contributed by atoms with Gasteiger partial charge in [0.2, 0.25) is 0 Å². The molecule has 1 aliphatic heterocycles. The highest BCUT2D eigenvalue weighted by atomic mass is 16.5. The molecule has 0 amide bonds. The normalized spacial score (nSPS) is 21.5. The molecule has 2 unspecified atom stereocenters. The lowest BCUT2D eigenvalue weighted by atomic mass is 9.95. The van der Waals surface area contributed by atoms with Crippen molar-refractivity contribution in [3.8, 4) is 5.75 Å². The third kappa shape index (κ3) is 2.85. The molecule has 0 bridgehead atoms. The van der Waals surface area contributed by atoms with E-state index < -0.39 is 0 Å². The van der Waals surface area contributed by atoms with Crippen molar-refractivity contribution in [3.05, 3.63) is 29.3 Å². The van der Waals surface area contributed by atoms with Gasteiger partial charge in [0.05, 0.1) is 6.61 Å². The molecule has 1 aromatic carbocycles. The molecule has 20 heavy (non-hydrogen) atoms. The summed E-state index contributed by atoms with van der Waals surface area (Å²) in [6.07, 6.45) is 7.87. The summed E-state index contributed by atoms with van der Waals surface area (Å²) in [7, 11) is 0. The average Bonchev–Trinajstić information content (AvgIpc) is 3.14. The first kappa shape index (κ1) is 13.9. The molecule has 0 aromatic heterocycles. The number of rotatable bonds is 5. The highest BCUT2D eigenvalue weighted by Gasteiger charge is 2.24. The lowest BCUT2D eigenvalue weighted by molar-refractivity contribution is 0.338. The molecule has 2 aliphatic rings. The van der Waals surface area contributed by atoms with Crippen molar-refractivity contribution < 1.29 is 4.74 Å². The fourth-order valence-electron chi connectivity index (χ4n) is 3.78. The second-order valence-electron chi connectivity index (χ2n) is 6.43. The van der Waals surface area contributed by atoms with Gasteiger partial charge in [0.15, 0.2) is 0 Å². The van der Waals surface area contributed by atoms with E-state index in [1.54, 1.807) is 0 Å². The Bertz CT molecular complexity index is 451. The molecule has 1 fully saturated rings. The van der Waals surface area contributed by atoms with Crippen LogP contribution in [-0.2, 0) is 6.42 Å². The van der Waals surface area contributed by atoms with Crippen LogP contribution in [0.25, 0.3) is 0 Å². The van der Waals surface area contributed by atoms with E-state index in [0.717, 1.165) is 31.1 Å². The number of benzene rings is 1. The van der Waals surface area contributed by atoms with E-state index >= 15 is 0 Å². The van der Waals surface area contributed by atoms with Crippen molar-refractivity contribution >= 4 is 0 Å². The minimum Gasteiger partial charge on any atom is -0.493 e. The van der Waals surface area contributed by atoms with Gasteiger partial charge in [-0.05, 0) is 49.3 Å². The van der Waals surface area contributed by atoms with Crippen LogP contribution in [-0.4, -0.2) is 12.6 Å². The maximum atomic E-state index is 5.61. The Morgan fingerprint density at radius 3 is 2.85 bits per heavy atom. The van der Waals surface area contributed by atoms with Gasteiger partial charge in [-0.25, -0.2) is 0 Å². The molecule has 2 heteroatoms. The fourth-order valence-corrected chi connectivity index (χ4v) is 3.78. The Morgan fingerprint density at radius 1 is 1.30 bits per heavy atom. The topological polar surface area (TPSA) is 21.3 Å². The molecule has 2 nitrogen and oxygen atoms in total. The zero-order chi connectivity index (χ0) is 13.9. The van der Waals surface area contributed by atoms with Crippen LogP contribution in [0.3, 0.4) is 0 Å². The zero-order valence-electron chi connectivity index (χ0n) is 12.8. The molecule has 1 saturated carbocycles. The Balaban J connectivity index is 1.69. The van der Waals surface area contributed by atoms with Crippen LogP contribution in [0.4, 0.5) is 0 Å². The predicted octanol–water partition coefficient (Wildman–Crippen LogP) is 4.24. The zero-order valence-corrected chi connectivity index (χ0v) is 12.8. The maximum absolute atomic E-state index is 5.61. The van der Waals surface area contributed by atoms with Gasteiger partial charge >= 0.3 is 0 Å². The molecular formula is C18H27NO. The second kappa shape index (κ2) is 6.17. The lowest BCUT2D eigenvalue weighted by Crippen LogP contribution is -2.35. The Morgan fingerprint density at radius 2 is 2.10 bits per heavy atom. The van der Waals surface area contributed by atoms with Crippen molar-refractivity contribution in [2.24, 2.45) is 5.92 Å². The van der Waals surface area contributed by atoms with E-state index in [0.29, 0.717) is 12.1 Å². The van der Waals surface area contributed by atoms with Gasteiger partial charge in [-0.15, -0.1) is 0 Å². The summed E-state index contributed by atoms with van der Waals surface area (Å²) < 4.78 is 5.61. The third-order valence-corrected chi connectivity index (χ3v) is 5.10. The van der Waals surface area contributed by atoms with Gasteiger partial charge < -0.3 is 10.1 Å². The Labute approximate surface area is 122 Å². The summed E-state index contributed by atoms with van der Waals surface area (Å²) in [4.78, 5) is 0. The summed E-state index contributed by atoms with van der Waals surface area (Å²) in [5, 5.41) is 3.88. The van der Waals surface area contributed by atoms with Gasteiger partial charge in [-0.2, -0.15) is 0 Å². The molecular weight excluding hydrogens is 246 g/mol. The molecule has 1 aromatic rings. The van der Waals surface area contributed by atoms with E-state index in [1.807, 2.05) is 0 Å². The molecule has 1 aliphatic carbocycles. The monoisotopic (exact) mass is 273 g/mol. The minimum atomic E-state index is 0.483. The van der Waals surface area contributed by atoms with Crippen molar-refractivity contribution in [2.45, 2.75) is 64.5 Å². The average molecular weight is 273 g/mol. The summed E-state index contributed by atoms with van der Waals surface area (Å²) in [6, 6.07) is 7.86. The molecule has 0 saturated heterocycles. The van der Waals surface area contributed by atoms with Crippen molar-refractivity contribution in [3.63, 3.8) is 0 Å². The molecule has 1 N–H and O–H groups in total. The second-order valence-corrected chi connectivity index (χ2v) is 6.43.